The standard InChI is InChI=1S/C18H15N3O2/c1-23-11-13-9-17(22)21-18(20-13)16(10-19-21)15-8-4-6-12-5-2-3-7-14(12)15/h2-10,19H,11H2,1H3. The number of methoxy groups -OCH3 is 1. The number of rotatable bonds is 3. The fourth-order valence-corrected chi connectivity index (χ4v) is 2.91. The van der Waals surface area contributed by atoms with Gasteiger partial charge in [-0.15, -0.1) is 0 Å². The van der Waals surface area contributed by atoms with E-state index in [1.165, 1.54) is 10.6 Å². The van der Waals surface area contributed by atoms with E-state index in [4.69, 9.17) is 4.74 Å². The number of H-pyrrole nitrogens is 1. The van der Waals surface area contributed by atoms with Crippen LogP contribution in [-0.4, -0.2) is 21.7 Å². The van der Waals surface area contributed by atoms with E-state index in [-0.39, 0.29) is 5.56 Å². The third-order valence-corrected chi connectivity index (χ3v) is 3.92. The number of benzene rings is 2. The minimum absolute atomic E-state index is 0.145. The Morgan fingerprint density at radius 1 is 1.13 bits per heavy atom. The summed E-state index contributed by atoms with van der Waals surface area (Å²) in [6, 6.07) is 15.8. The van der Waals surface area contributed by atoms with Crippen LogP contribution >= 0.6 is 0 Å². The summed E-state index contributed by atoms with van der Waals surface area (Å²) in [6.45, 7) is 0.311. The Morgan fingerprint density at radius 3 is 2.83 bits per heavy atom. The Hall–Kier alpha value is -2.92. The summed E-state index contributed by atoms with van der Waals surface area (Å²) in [5.74, 6) is 0. The fourth-order valence-electron chi connectivity index (χ4n) is 2.91. The Labute approximate surface area is 132 Å². The number of hydrogen-bond donors (Lipinski definition) is 1. The van der Waals surface area contributed by atoms with Crippen molar-refractivity contribution in [3.05, 3.63) is 70.8 Å². The van der Waals surface area contributed by atoms with Gasteiger partial charge in [-0.1, -0.05) is 42.5 Å². The molecule has 2 aromatic carbocycles. The van der Waals surface area contributed by atoms with Crippen LogP contribution in [0.15, 0.2) is 59.5 Å². The third kappa shape index (κ3) is 2.22. The van der Waals surface area contributed by atoms with Crippen molar-refractivity contribution >= 4 is 16.4 Å². The first kappa shape index (κ1) is 13.7. The molecule has 5 nitrogen and oxygen atoms in total. The van der Waals surface area contributed by atoms with Gasteiger partial charge in [0.05, 0.1) is 12.3 Å². The maximum absolute atomic E-state index is 12.2. The van der Waals surface area contributed by atoms with Crippen molar-refractivity contribution in [2.45, 2.75) is 6.61 Å². The molecule has 0 aliphatic rings. The Kier molecular flexibility index (Phi) is 3.20. The summed E-state index contributed by atoms with van der Waals surface area (Å²) in [7, 11) is 1.59. The molecule has 0 fully saturated rings. The summed E-state index contributed by atoms with van der Waals surface area (Å²) in [6.07, 6.45) is 1.82. The van der Waals surface area contributed by atoms with Gasteiger partial charge in [0.2, 0.25) is 0 Å². The molecule has 0 amide bonds. The van der Waals surface area contributed by atoms with Gasteiger partial charge in [-0.25, -0.2) is 9.50 Å². The van der Waals surface area contributed by atoms with Gasteiger partial charge in [-0.05, 0) is 16.3 Å². The van der Waals surface area contributed by atoms with E-state index in [9.17, 15) is 4.79 Å². The van der Waals surface area contributed by atoms with Gasteiger partial charge in [-0.2, -0.15) is 0 Å². The van der Waals surface area contributed by atoms with Crippen molar-refractivity contribution in [2.24, 2.45) is 0 Å². The zero-order valence-corrected chi connectivity index (χ0v) is 12.6. The molecule has 0 saturated carbocycles. The molecule has 23 heavy (non-hydrogen) atoms. The summed E-state index contributed by atoms with van der Waals surface area (Å²) < 4.78 is 6.56. The van der Waals surface area contributed by atoms with Gasteiger partial charge in [0.1, 0.15) is 0 Å². The second-order valence-electron chi connectivity index (χ2n) is 5.39. The number of aromatic amines is 1. The number of nitrogens with zero attached hydrogens (tertiary/aromatic N) is 2. The first-order valence-electron chi connectivity index (χ1n) is 7.35. The molecule has 1 N–H and O–H groups in total. The highest BCUT2D eigenvalue weighted by Crippen LogP contribution is 2.30. The van der Waals surface area contributed by atoms with Crippen molar-refractivity contribution < 1.29 is 4.74 Å². The van der Waals surface area contributed by atoms with Crippen molar-refractivity contribution in [1.29, 1.82) is 0 Å². The molecule has 5 heteroatoms. The third-order valence-electron chi connectivity index (χ3n) is 3.92. The predicted molar refractivity (Wildman–Crippen MR) is 89.5 cm³/mol. The van der Waals surface area contributed by atoms with Crippen LogP contribution in [0.4, 0.5) is 0 Å². The lowest BCUT2D eigenvalue weighted by atomic mass is 10.0. The largest absolute Gasteiger partial charge is 0.378 e. The molecule has 0 atom stereocenters. The lowest BCUT2D eigenvalue weighted by Gasteiger charge is -2.05. The Morgan fingerprint density at radius 2 is 1.96 bits per heavy atom. The predicted octanol–water partition coefficient (Wildman–Crippen LogP) is 2.99. The lowest BCUT2D eigenvalue weighted by Crippen LogP contribution is -2.15. The van der Waals surface area contributed by atoms with Crippen LogP contribution in [0.5, 0.6) is 0 Å². The van der Waals surface area contributed by atoms with Crippen LogP contribution in [0.3, 0.4) is 0 Å². The normalized spacial score (nSPS) is 11.3. The highest BCUT2D eigenvalue weighted by atomic mass is 16.5. The summed E-state index contributed by atoms with van der Waals surface area (Å²) in [4.78, 5) is 16.8. The van der Waals surface area contributed by atoms with Gasteiger partial charge >= 0.3 is 0 Å². The SMILES string of the molecule is COCc1cc(=O)n2[nH]cc(-c3cccc4ccccc34)c2n1. The van der Waals surface area contributed by atoms with E-state index < -0.39 is 0 Å². The first-order chi connectivity index (χ1) is 11.3. The number of nitrogens with one attached hydrogen (secondary N) is 1. The van der Waals surface area contributed by atoms with E-state index in [0.717, 1.165) is 21.9 Å². The number of ether oxygens (including phenoxy) is 1. The second-order valence-corrected chi connectivity index (χ2v) is 5.39. The smallest absolute Gasteiger partial charge is 0.272 e. The fraction of sp³-hybridized carbons (Fsp3) is 0.111. The van der Waals surface area contributed by atoms with Crippen LogP contribution in [0, 0.1) is 0 Å². The van der Waals surface area contributed by atoms with Gasteiger partial charge < -0.3 is 4.74 Å². The average molecular weight is 305 g/mol. The second kappa shape index (κ2) is 5.37. The monoisotopic (exact) mass is 305 g/mol. The molecular weight excluding hydrogens is 290 g/mol. The maximum atomic E-state index is 12.2. The molecule has 2 heterocycles. The Balaban J connectivity index is 2.03. The number of fused-ring (bicyclic) bond motifs is 2. The minimum atomic E-state index is -0.145. The zero-order valence-electron chi connectivity index (χ0n) is 12.6. The summed E-state index contributed by atoms with van der Waals surface area (Å²) >= 11 is 0. The van der Waals surface area contributed by atoms with Crippen molar-refractivity contribution in [1.82, 2.24) is 14.6 Å². The molecule has 4 rings (SSSR count). The number of aromatic nitrogens is 3. The molecule has 2 aromatic heterocycles. The van der Waals surface area contributed by atoms with E-state index in [2.05, 4.69) is 28.3 Å². The van der Waals surface area contributed by atoms with Crippen LogP contribution in [0.2, 0.25) is 0 Å². The van der Waals surface area contributed by atoms with Crippen LogP contribution in [0.25, 0.3) is 27.5 Å². The van der Waals surface area contributed by atoms with Crippen molar-refractivity contribution in [2.75, 3.05) is 7.11 Å². The molecule has 114 valence electrons. The van der Waals surface area contributed by atoms with Crippen LogP contribution < -0.4 is 5.56 Å². The van der Waals surface area contributed by atoms with Crippen LogP contribution in [-0.2, 0) is 11.3 Å². The van der Waals surface area contributed by atoms with E-state index >= 15 is 0 Å². The lowest BCUT2D eigenvalue weighted by molar-refractivity contribution is 0.181. The van der Waals surface area contributed by atoms with Crippen molar-refractivity contribution in [3.8, 4) is 11.1 Å². The molecule has 0 aliphatic carbocycles. The minimum Gasteiger partial charge on any atom is -0.378 e. The van der Waals surface area contributed by atoms with Crippen molar-refractivity contribution in [3.63, 3.8) is 0 Å². The molecule has 0 bridgehead atoms. The maximum Gasteiger partial charge on any atom is 0.272 e. The molecule has 0 unspecified atom stereocenters. The number of hydrogen-bond acceptors (Lipinski definition) is 3. The van der Waals surface area contributed by atoms with Crippen LogP contribution in [0.1, 0.15) is 5.69 Å². The van der Waals surface area contributed by atoms with E-state index in [1.807, 2.05) is 30.5 Å². The molecule has 4 aromatic rings. The highest BCUT2D eigenvalue weighted by molar-refractivity contribution is 5.99. The average Bonchev–Trinajstić information content (AvgIpc) is 2.99. The summed E-state index contributed by atoms with van der Waals surface area (Å²) in [5.41, 5.74) is 3.04. The molecular formula is C18H15N3O2. The Bertz CT molecular complexity index is 1060. The topological polar surface area (TPSA) is 59.4 Å². The zero-order chi connectivity index (χ0) is 15.8. The van der Waals surface area contributed by atoms with Gasteiger partial charge in [-0.3, -0.25) is 9.89 Å². The summed E-state index contributed by atoms with van der Waals surface area (Å²) in [5, 5.41) is 5.27. The highest BCUT2D eigenvalue weighted by Gasteiger charge is 2.12. The molecule has 0 spiro atoms. The van der Waals surface area contributed by atoms with E-state index in [0.29, 0.717) is 17.9 Å². The molecule has 0 aliphatic heterocycles. The van der Waals surface area contributed by atoms with Gasteiger partial charge in [0.25, 0.3) is 5.56 Å². The van der Waals surface area contributed by atoms with Gasteiger partial charge in [0.15, 0.2) is 5.65 Å². The molecule has 0 radical (unpaired) electrons. The van der Waals surface area contributed by atoms with Gasteiger partial charge in [0, 0.05) is 24.9 Å². The quantitative estimate of drug-likeness (QED) is 0.633. The molecule has 0 saturated heterocycles. The first-order valence-corrected chi connectivity index (χ1v) is 7.35. The van der Waals surface area contributed by atoms with E-state index in [1.54, 1.807) is 7.11 Å².